The lowest BCUT2D eigenvalue weighted by molar-refractivity contribution is 0.220. The number of hydrogen-bond donors (Lipinski definition) is 2. The van der Waals surface area contributed by atoms with Crippen LogP contribution >= 0.6 is 0 Å². The van der Waals surface area contributed by atoms with Crippen molar-refractivity contribution < 1.29 is 4.43 Å². The van der Waals surface area contributed by atoms with E-state index in [1.54, 1.807) is 6.20 Å². The molecule has 0 radical (unpaired) electrons. The van der Waals surface area contributed by atoms with Crippen LogP contribution in [0.2, 0.25) is 18.1 Å². The Labute approximate surface area is 246 Å². The Morgan fingerprint density at radius 1 is 1.15 bits per heavy atom. The van der Waals surface area contributed by atoms with Crippen LogP contribution in [-0.2, 0) is 16.4 Å². The van der Waals surface area contributed by atoms with Crippen molar-refractivity contribution >= 4 is 25.6 Å². The van der Waals surface area contributed by atoms with Gasteiger partial charge in [0.05, 0.1) is 16.9 Å². The first-order valence-electron chi connectivity index (χ1n) is 14.8. The molecule has 3 heterocycles. The third-order valence-electron chi connectivity index (χ3n) is 9.23. The van der Waals surface area contributed by atoms with Gasteiger partial charge in [0.2, 0.25) is 5.95 Å². The van der Waals surface area contributed by atoms with Gasteiger partial charge in [-0.3, -0.25) is 4.90 Å². The lowest BCUT2D eigenvalue weighted by Gasteiger charge is -2.39. The Balaban J connectivity index is 1.41. The highest BCUT2D eigenvalue weighted by atomic mass is 28.4. The second kappa shape index (κ2) is 11.2. The number of aryl methyl sites for hydroxylation is 1. The molecule has 7 nitrogen and oxygen atoms in total. The van der Waals surface area contributed by atoms with E-state index in [9.17, 15) is 5.26 Å². The van der Waals surface area contributed by atoms with Gasteiger partial charge >= 0.3 is 0 Å². The maximum absolute atomic E-state index is 10.1. The van der Waals surface area contributed by atoms with Crippen LogP contribution in [0.1, 0.15) is 62.8 Å². The molecule has 5 rings (SSSR count). The molecular weight excluding hydrogens is 524 g/mol. The normalized spacial score (nSPS) is 19.1. The number of aromatic nitrogens is 2. The fourth-order valence-electron chi connectivity index (χ4n) is 5.41. The minimum Gasteiger partial charge on any atom is -0.416 e. The summed E-state index contributed by atoms with van der Waals surface area (Å²) in [4.78, 5) is 11.9. The van der Waals surface area contributed by atoms with Crippen molar-refractivity contribution in [2.45, 2.75) is 77.6 Å². The summed E-state index contributed by atoms with van der Waals surface area (Å²) < 4.78 is 6.68. The van der Waals surface area contributed by atoms with E-state index in [2.05, 4.69) is 98.6 Å². The van der Waals surface area contributed by atoms with Crippen LogP contribution in [-0.4, -0.2) is 49.4 Å². The van der Waals surface area contributed by atoms with Crippen LogP contribution in [0.3, 0.4) is 0 Å². The van der Waals surface area contributed by atoms with Crippen LogP contribution in [0.25, 0.3) is 11.3 Å². The van der Waals surface area contributed by atoms with Gasteiger partial charge in [-0.15, -0.1) is 0 Å². The first-order chi connectivity index (χ1) is 19.4. The third kappa shape index (κ3) is 6.18. The quantitative estimate of drug-likeness (QED) is 0.274. The van der Waals surface area contributed by atoms with E-state index in [0.29, 0.717) is 18.1 Å². The number of anilines is 3. The third-order valence-corrected chi connectivity index (χ3v) is 13.7. The first-order valence-corrected chi connectivity index (χ1v) is 17.7. The zero-order chi connectivity index (χ0) is 29.4. The van der Waals surface area contributed by atoms with Gasteiger partial charge in [0.15, 0.2) is 8.32 Å². The summed E-state index contributed by atoms with van der Waals surface area (Å²) in [5.41, 5.74) is 7.57. The summed E-state index contributed by atoms with van der Waals surface area (Å²) in [6.07, 6.45) is 4.35. The molecule has 1 unspecified atom stereocenters. The van der Waals surface area contributed by atoms with Crippen LogP contribution in [0.5, 0.6) is 0 Å². The molecule has 0 amide bonds. The standard InChI is InChI=1S/C33H44N6OSi/c1-23-10-11-24(20-39-14-8-9-15-39)16-29(23)38-31-35-13-12-28(37-31)25-17-26(19-34)30-27(18-25)33(5,21-36-30)22-40-41(6,7)32(2,3)4/h10-13,16-18,36H,8-9,14-15,20-22H2,1-7H3,(H,35,37,38). The molecule has 3 aromatic rings. The minimum atomic E-state index is -1.93. The zero-order valence-electron chi connectivity index (χ0n) is 25.7. The SMILES string of the molecule is Cc1ccc(CN2CCCC2)cc1Nc1nccc(-c2cc(C#N)c3c(c2)C(C)(CO[Si](C)(C)C(C)(C)C)CN3)n1. The van der Waals surface area contributed by atoms with Gasteiger partial charge in [0, 0.05) is 42.6 Å². The van der Waals surface area contributed by atoms with Crippen molar-refractivity contribution in [2.24, 2.45) is 0 Å². The summed E-state index contributed by atoms with van der Waals surface area (Å²) in [6, 6.07) is 15.0. The first kappa shape index (κ1) is 29.2. The lowest BCUT2D eigenvalue weighted by atomic mass is 9.83. The molecule has 0 aliphatic carbocycles. The summed E-state index contributed by atoms with van der Waals surface area (Å²) in [5.74, 6) is 0.546. The second-order valence-electron chi connectivity index (χ2n) is 13.5. The molecular formula is C33H44N6OSi. The van der Waals surface area contributed by atoms with Gasteiger partial charge in [-0.1, -0.05) is 39.8 Å². The van der Waals surface area contributed by atoms with Gasteiger partial charge in [-0.05, 0) is 91.9 Å². The van der Waals surface area contributed by atoms with E-state index < -0.39 is 8.32 Å². The molecule has 2 aliphatic heterocycles. The molecule has 0 bridgehead atoms. The van der Waals surface area contributed by atoms with Crippen LogP contribution in [0, 0.1) is 18.3 Å². The van der Waals surface area contributed by atoms with Crippen molar-refractivity contribution in [2.75, 3.05) is 36.9 Å². The molecule has 41 heavy (non-hydrogen) atoms. The van der Waals surface area contributed by atoms with Crippen LogP contribution in [0.4, 0.5) is 17.3 Å². The molecule has 0 spiro atoms. The molecule has 0 saturated carbocycles. The monoisotopic (exact) mass is 568 g/mol. The van der Waals surface area contributed by atoms with E-state index in [1.807, 2.05) is 12.1 Å². The number of nitrogens with one attached hydrogen (secondary N) is 2. The number of fused-ring (bicyclic) bond motifs is 1. The highest BCUT2D eigenvalue weighted by Crippen LogP contribution is 2.44. The van der Waals surface area contributed by atoms with E-state index in [0.717, 1.165) is 46.8 Å². The fraction of sp³-hybridized carbons (Fsp3) is 0.485. The Morgan fingerprint density at radius 3 is 2.61 bits per heavy atom. The molecule has 1 saturated heterocycles. The van der Waals surface area contributed by atoms with E-state index in [-0.39, 0.29) is 10.5 Å². The molecule has 1 atom stereocenters. The van der Waals surface area contributed by atoms with Crippen LogP contribution < -0.4 is 10.6 Å². The summed E-state index contributed by atoms with van der Waals surface area (Å²) in [5, 5.41) is 17.2. The molecule has 2 aromatic carbocycles. The average Bonchev–Trinajstić information content (AvgIpc) is 3.57. The van der Waals surface area contributed by atoms with Gasteiger partial charge in [-0.25, -0.2) is 9.97 Å². The molecule has 216 valence electrons. The predicted molar refractivity (Wildman–Crippen MR) is 170 cm³/mol. The average molecular weight is 569 g/mol. The van der Waals surface area contributed by atoms with Crippen molar-refractivity contribution in [3.63, 3.8) is 0 Å². The summed E-state index contributed by atoms with van der Waals surface area (Å²) >= 11 is 0. The van der Waals surface area contributed by atoms with Gasteiger partial charge in [0.1, 0.15) is 6.07 Å². The minimum absolute atomic E-state index is 0.133. The summed E-state index contributed by atoms with van der Waals surface area (Å²) in [6.45, 7) is 20.4. The highest BCUT2D eigenvalue weighted by molar-refractivity contribution is 6.74. The largest absolute Gasteiger partial charge is 0.416 e. The molecule has 2 aliphatic rings. The van der Waals surface area contributed by atoms with Crippen molar-refractivity contribution in [3.05, 3.63) is 64.8 Å². The number of nitriles is 1. The molecule has 2 N–H and O–H groups in total. The fourth-order valence-corrected chi connectivity index (χ4v) is 6.52. The molecule has 1 aromatic heterocycles. The Morgan fingerprint density at radius 2 is 1.90 bits per heavy atom. The zero-order valence-corrected chi connectivity index (χ0v) is 26.7. The van der Waals surface area contributed by atoms with Crippen LogP contribution in [0.15, 0.2) is 42.6 Å². The predicted octanol–water partition coefficient (Wildman–Crippen LogP) is 7.37. The highest BCUT2D eigenvalue weighted by Gasteiger charge is 2.42. The number of rotatable bonds is 8. The summed E-state index contributed by atoms with van der Waals surface area (Å²) in [7, 11) is -1.93. The van der Waals surface area contributed by atoms with E-state index >= 15 is 0 Å². The Hall–Kier alpha value is -3.25. The molecule has 1 fully saturated rings. The van der Waals surface area contributed by atoms with Crippen molar-refractivity contribution in [1.82, 2.24) is 14.9 Å². The lowest BCUT2D eigenvalue weighted by Crippen LogP contribution is -2.45. The Kier molecular flexibility index (Phi) is 7.99. The number of hydrogen-bond acceptors (Lipinski definition) is 7. The Bertz CT molecular complexity index is 1470. The maximum Gasteiger partial charge on any atom is 0.227 e. The van der Waals surface area contributed by atoms with Crippen molar-refractivity contribution in [1.29, 1.82) is 5.26 Å². The topological polar surface area (TPSA) is 86.1 Å². The van der Waals surface area contributed by atoms with Gasteiger partial charge in [0.25, 0.3) is 0 Å². The number of likely N-dealkylation sites (tertiary alicyclic amines) is 1. The van der Waals surface area contributed by atoms with E-state index in [4.69, 9.17) is 9.41 Å². The van der Waals surface area contributed by atoms with Gasteiger partial charge < -0.3 is 15.1 Å². The molecule has 8 heteroatoms. The van der Waals surface area contributed by atoms with E-state index in [1.165, 1.54) is 31.5 Å². The smallest absolute Gasteiger partial charge is 0.227 e. The van der Waals surface area contributed by atoms with Gasteiger partial charge in [-0.2, -0.15) is 5.26 Å². The number of benzene rings is 2. The number of nitrogens with zero attached hydrogens (tertiary/aromatic N) is 4. The van der Waals surface area contributed by atoms with Crippen molar-refractivity contribution in [3.8, 4) is 17.3 Å². The second-order valence-corrected chi connectivity index (χ2v) is 18.4. The maximum atomic E-state index is 10.1.